The molecule has 4 rings (SSSR count). The normalized spacial score (nSPS) is 11.0. The summed E-state index contributed by atoms with van der Waals surface area (Å²) in [5.41, 5.74) is 3.96. The molecule has 0 saturated heterocycles. The smallest absolute Gasteiger partial charge is 0.145 e. The molecule has 0 unspecified atom stereocenters. The van der Waals surface area contributed by atoms with Crippen LogP contribution in [-0.4, -0.2) is 22.3 Å². The van der Waals surface area contributed by atoms with E-state index in [2.05, 4.69) is 21.6 Å². The fourth-order valence-corrected chi connectivity index (χ4v) is 3.23. The summed E-state index contributed by atoms with van der Waals surface area (Å²) in [7, 11) is 1.67. The number of para-hydroxylation sites is 1. The van der Waals surface area contributed by atoms with Gasteiger partial charge >= 0.3 is 0 Å². The molecule has 0 fully saturated rings. The van der Waals surface area contributed by atoms with Crippen molar-refractivity contribution < 1.29 is 4.74 Å². The number of rotatable bonds is 3. The first-order valence-electron chi connectivity index (χ1n) is 6.88. The van der Waals surface area contributed by atoms with Crippen molar-refractivity contribution in [2.75, 3.05) is 7.11 Å². The van der Waals surface area contributed by atoms with E-state index >= 15 is 0 Å². The van der Waals surface area contributed by atoms with Crippen molar-refractivity contribution in [3.8, 4) is 27.7 Å². The highest BCUT2D eigenvalue weighted by atomic mass is 32.1. The predicted molar refractivity (Wildman–Crippen MR) is 89.2 cm³/mol. The number of ether oxygens (including phenoxy) is 1. The fraction of sp³-hybridized carbons (Fsp3) is 0.0588. The molecule has 4 nitrogen and oxygen atoms in total. The number of aromatic amines is 1. The Kier molecular flexibility index (Phi) is 3.12. The van der Waals surface area contributed by atoms with E-state index < -0.39 is 0 Å². The molecule has 0 spiro atoms. The van der Waals surface area contributed by atoms with Gasteiger partial charge in [-0.3, -0.25) is 5.10 Å². The van der Waals surface area contributed by atoms with Crippen LogP contribution in [0.5, 0.6) is 5.75 Å². The van der Waals surface area contributed by atoms with Gasteiger partial charge in [0.1, 0.15) is 16.5 Å². The van der Waals surface area contributed by atoms with Gasteiger partial charge in [0.25, 0.3) is 0 Å². The summed E-state index contributed by atoms with van der Waals surface area (Å²) in [5, 5.41) is 11.5. The van der Waals surface area contributed by atoms with Gasteiger partial charge in [-0.2, -0.15) is 5.10 Å². The second-order valence-corrected chi connectivity index (χ2v) is 5.74. The van der Waals surface area contributed by atoms with Crippen LogP contribution in [0, 0.1) is 0 Å². The van der Waals surface area contributed by atoms with Crippen LogP contribution in [0.25, 0.3) is 32.9 Å². The highest BCUT2D eigenvalue weighted by Crippen LogP contribution is 2.32. The summed E-state index contributed by atoms with van der Waals surface area (Å²) in [4.78, 5) is 4.72. The Morgan fingerprint density at radius 1 is 1.05 bits per heavy atom. The number of thiazole rings is 1. The van der Waals surface area contributed by atoms with Gasteiger partial charge in [0.15, 0.2) is 0 Å². The van der Waals surface area contributed by atoms with Gasteiger partial charge < -0.3 is 4.74 Å². The Morgan fingerprint density at radius 3 is 2.68 bits per heavy atom. The lowest BCUT2D eigenvalue weighted by molar-refractivity contribution is 0.415. The van der Waals surface area contributed by atoms with Crippen LogP contribution in [0.1, 0.15) is 0 Å². The van der Waals surface area contributed by atoms with Crippen LogP contribution < -0.4 is 4.74 Å². The lowest BCUT2D eigenvalue weighted by atomic mass is 10.1. The number of hydrogen-bond acceptors (Lipinski definition) is 4. The number of fused-ring (bicyclic) bond motifs is 1. The topological polar surface area (TPSA) is 50.8 Å². The van der Waals surface area contributed by atoms with E-state index in [9.17, 15) is 0 Å². The summed E-state index contributed by atoms with van der Waals surface area (Å²) < 4.78 is 5.19. The molecular formula is C17H13N3OS. The quantitative estimate of drug-likeness (QED) is 0.611. The van der Waals surface area contributed by atoms with Crippen molar-refractivity contribution in [2.45, 2.75) is 0 Å². The first-order chi connectivity index (χ1) is 10.8. The molecule has 2 aromatic heterocycles. The molecule has 0 aliphatic heterocycles. The molecule has 2 aromatic carbocycles. The summed E-state index contributed by atoms with van der Waals surface area (Å²) in [6, 6.07) is 16.0. The molecule has 2 heterocycles. The van der Waals surface area contributed by atoms with Gasteiger partial charge in [0, 0.05) is 16.3 Å². The lowest BCUT2D eigenvalue weighted by Gasteiger charge is -2.00. The summed E-state index contributed by atoms with van der Waals surface area (Å²) in [5.74, 6) is 0.845. The number of benzene rings is 2. The van der Waals surface area contributed by atoms with Crippen LogP contribution >= 0.6 is 11.3 Å². The zero-order valence-electron chi connectivity index (χ0n) is 11.9. The number of H-pyrrole nitrogens is 1. The van der Waals surface area contributed by atoms with Gasteiger partial charge in [-0.1, -0.05) is 18.2 Å². The number of nitrogens with one attached hydrogen (secondary N) is 1. The van der Waals surface area contributed by atoms with E-state index in [4.69, 9.17) is 9.72 Å². The number of methoxy groups -OCH3 is 1. The Balaban J connectivity index is 1.74. The molecule has 0 bridgehead atoms. The maximum atomic E-state index is 5.19. The molecule has 4 aromatic rings. The Bertz CT molecular complexity index is 924. The van der Waals surface area contributed by atoms with Crippen molar-refractivity contribution in [2.24, 2.45) is 0 Å². The van der Waals surface area contributed by atoms with Crippen molar-refractivity contribution in [1.29, 1.82) is 0 Å². The third kappa shape index (κ3) is 2.16. The van der Waals surface area contributed by atoms with Crippen LogP contribution in [-0.2, 0) is 0 Å². The second kappa shape index (κ2) is 5.27. The first-order valence-corrected chi connectivity index (χ1v) is 7.76. The van der Waals surface area contributed by atoms with E-state index in [0.717, 1.165) is 38.6 Å². The maximum Gasteiger partial charge on any atom is 0.145 e. The SMILES string of the molecule is COc1ccc(-c2csc(-c3n[nH]c4ccccc34)n2)cc1. The van der Waals surface area contributed by atoms with Crippen molar-refractivity contribution in [3.63, 3.8) is 0 Å². The second-order valence-electron chi connectivity index (χ2n) is 4.88. The average molecular weight is 307 g/mol. The van der Waals surface area contributed by atoms with E-state index in [1.54, 1.807) is 18.4 Å². The Morgan fingerprint density at radius 2 is 1.86 bits per heavy atom. The molecule has 0 radical (unpaired) electrons. The molecule has 108 valence electrons. The molecule has 22 heavy (non-hydrogen) atoms. The monoisotopic (exact) mass is 307 g/mol. The van der Waals surface area contributed by atoms with Gasteiger partial charge in [0.05, 0.1) is 18.3 Å². The molecule has 1 N–H and O–H groups in total. The first kappa shape index (κ1) is 13.0. The third-order valence-corrected chi connectivity index (χ3v) is 4.41. The standard InChI is InChI=1S/C17H13N3OS/c1-21-12-8-6-11(7-9-12)15-10-22-17(18-15)16-13-4-2-3-5-14(13)19-20-16/h2-10H,1H3,(H,19,20). The molecule has 0 aliphatic rings. The largest absolute Gasteiger partial charge is 0.497 e. The molecular weight excluding hydrogens is 294 g/mol. The number of nitrogens with zero attached hydrogens (tertiary/aromatic N) is 2. The minimum Gasteiger partial charge on any atom is -0.497 e. The van der Waals surface area contributed by atoms with Crippen molar-refractivity contribution in [1.82, 2.24) is 15.2 Å². The predicted octanol–water partition coefficient (Wildman–Crippen LogP) is 4.36. The van der Waals surface area contributed by atoms with Crippen LogP contribution in [0.15, 0.2) is 53.9 Å². The summed E-state index contributed by atoms with van der Waals surface area (Å²) >= 11 is 1.60. The van der Waals surface area contributed by atoms with E-state index in [-0.39, 0.29) is 0 Å². The zero-order chi connectivity index (χ0) is 14.9. The van der Waals surface area contributed by atoms with Crippen LogP contribution in [0.4, 0.5) is 0 Å². The highest BCUT2D eigenvalue weighted by Gasteiger charge is 2.12. The van der Waals surface area contributed by atoms with Gasteiger partial charge in [0.2, 0.25) is 0 Å². The summed E-state index contributed by atoms with van der Waals surface area (Å²) in [6.45, 7) is 0. The van der Waals surface area contributed by atoms with Gasteiger partial charge in [-0.15, -0.1) is 11.3 Å². The molecule has 0 amide bonds. The molecule has 0 aliphatic carbocycles. The van der Waals surface area contributed by atoms with Crippen LogP contribution in [0.2, 0.25) is 0 Å². The Hall–Kier alpha value is -2.66. The molecule has 5 heteroatoms. The molecule has 0 saturated carbocycles. The van der Waals surface area contributed by atoms with Crippen molar-refractivity contribution >= 4 is 22.2 Å². The highest BCUT2D eigenvalue weighted by molar-refractivity contribution is 7.13. The number of aromatic nitrogens is 3. The third-order valence-electron chi connectivity index (χ3n) is 3.56. The minimum atomic E-state index is 0.845. The van der Waals surface area contributed by atoms with E-state index in [1.807, 2.05) is 42.5 Å². The van der Waals surface area contributed by atoms with Crippen LogP contribution in [0.3, 0.4) is 0 Å². The Labute approximate surface area is 131 Å². The fourth-order valence-electron chi connectivity index (χ4n) is 2.40. The van der Waals surface area contributed by atoms with E-state index in [1.165, 1.54) is 0 Å². The minimum absolute atomic E-state index is 0.845. The van der Waals surface area contributed by atoms with Crippen molar-refractivity contribution in [3.05, 3.63) is 53.9 Å². The van der Waals surface area contributed by atoms with E-state index in [0.29, 0.717) is 0 Å². The summed E-state index contributed by atoms with van der Waals surface area (Å²) in [6.07, 6.45) is 0. The van der Waals surface area contributed by atoms with Gasteiger partial charge in [-0.25, -0.2) is 4.98 Å². The van der Waals surface area contributed by atoms with Gasteiger partial charge in [-0.05, 0) is 30.3 Å². The number of hydrogen-bond donors (Lipinski definition) is 1. The average Bonchev–Trinajstić information content (AvgIpc) is 3.21. The lowest BCUT2D eigenvalue weighted by Crippen LogP contribution is -1.83. The zero-order valence-corrected chi connectivity index (χ0v) is 12.7. The maximum absolute atomic E-state index is 5.19. The molecule has 0 atom stereocenters.